The second-order valence-electron chi connectivity index (χ2n) is 4.44. The van der Waals surface area contributed by atoms with Crippen LogP contribution in [0.4, 0.5) is 0 Å². The van der Waals surface area contributed by atoms with Crippen LogP contribution in [0.15, 0.2) is 4.99 Å². The highest BCUT2D eigenvalue weighted by Crippen LogP contribution is 2.32. The van der Waals surface area contributed by atoms with Crippen molar-refractivity contribution in [3.63, 3.8) is 0 Å². The van der Waals surface area contributed by atoms with Crippen molar-refractivity contribution in [2.45, 2.75) is 38.2 Å². The molecule has 1 saturated carbocycles. The summed E-state index contributed by atoms with van der Waals surface area (Å²) in [5, 5.41) is 9.80. The molecule has 4 atom stereocenters. The van der Waals surface area contributed by atoms with Crippen molar-refractivity contribution < 1.29 is 9.84 Å². The van der Waals surface area contributed by atoms with Crippen LogP contribution in [0.5, 0.6) is 0 Å². The first-order valence-corrected chi connectivity index (χ1v) is 6.40. The number of alkyl halides is 1. The number of aliphatic hydroxyl groups is 1. The second-order valence-corrected chi connectivity index (χ2v) is 5.00. The van der Waals surface area contributed by atoms with E-state index in [9.17, 15) is 5.11 Å². The fourth-order valence-corrected chi connectivity index (χ4v) is 2.74. The molecular formula is C12H22ClNO2. The van der Waals surface area contributed by atoms with E-state index in [1.165, 1.54) is 0 Å². The number of methoxy groups -OCH3 is 1. The van der Waals surface area contributed by atoms with Crippen molar-refractivity contribution in [2.75, 3.05) is 20.3 Å². The SMILES string of the molecule is CCC1CC(Cl)C(O)C(C)C1=NCCOC. The average Bonchev–Trinajstić information content (AvgIpc) is 2.29. The third kappa shape index (κ3) is 3.19. The van der Waals surface area contributed by atoms with Crippen LogP contribution in [0.2, 0.25) is 0 Å². The van der Waals surface area contributed by atoms with E-state index in [2.05, 4.69) is 11.9 Å². The molecule has 1 N–H and O–H groups in total. The summed E-state index contributed by atoms with van der Waals surface area (Å²) in [6, 6.07) is 0. The molecule has 1 fully saturated rings. The topological polar surface area (TPSA) is 41.8 Å². The fraction of sp³-hybridized carbons (Fsp3) is 0.917. The molecule has 1 aliphatic rings. The summed E-state index contributed by atoms with van der Waals surface area (Å²) in [5.41, 5.74) is 1.11. The third-order valence-corrected chi connectivity index (χ3v) is 3.80. The molecule has 0 aromatic heterocycles. The summed E-state index contributed by atoms with van der Waals surface area (Å²) in [4.78, 5) is 4.56. The molecule has 0 bridgehead atoms. The molecule has 0 radical (unpaired) electrons. The summed E-state index contributed by atoms with van der Waals surface area (Å²) in [6.45, 7) is 5.46. The van der Waals surface area contributed by atoms with Gasteiger partial charge in [0.1, 0.15) is 0 Å². The quantitative estimate of drug-likeness (QED) is 0.611. The highest BCUT2D eigenvalue weighted by atomic mass is 35.5. The maximum atomic E-state index is 9.94. The molecule has 0 aliphatic heterocycles. The molecule has 1 rings (SSSR count). The van der Waals surface area contributed by atoms with Crippen LogP contribution in [0.25, 0.3) is 0 Å². The molecule has 0 amide bonds. The standard InChI is InChI=1S/C12H22ClNO2/c1-4-9-7-10(13)12(15)8(2)11(9)14-5-6-16-3/h8-10,12,15H,4-7H2,1-3H3. The zero-order chi connectivity index (χ0) is 12.1. The van der Waals surface area contributed by atoms with Crippen molar-refractivity contribution in [3.05, 3.63) is 0 Å². The van der Waals surface area contributed by atoms with E-state index >= 15 is 0 Å². The fourth-order valence-electron chi connectivity index (χ4n) is 2.31. The van der Waals surface area contributed by atoms with Gasteiger partial charge >= 0.3 is 0 Å². The molecule has 0 saturated heterocycles. The monoisotopic (exact) mass is 247 g/mol. The molecule has 0 aromatic rings. The zero-order valence-electron chi connectivity index (χ0n) is 10.3. The number of hydrogen-bond donors (Lipinski definition) is 1. The van der Waals surface area contributed by atoms with E-state index in [1.807, 2.05) is 6.92 Å². The normalized spacial score (nSPS) is 37.9. The predicted octanol–water partition coefficient (Wildman–Crippen LogP) is 2.11. The van der Waals surface area contributed by atoms with Crippen molar-refractivity contribution in [3.8, 4) is 0 Å². The lowest BCUT2D eigenvalue weighted by atomic mass is 9.77. The number of nitrogens with zero attached hydrogens (tertiary/aromatic N) is 1. The van der Waals surface area contributed by atoms with Crippen molar-refractivity contribution in [1.29, 1.82) is 0 Å². The van der Waals surface area contributed by atoms with Crippen LogP contribution in [-0.2, 0) is 4.74 Å². The van der Waals surface area contributed by atoms with Gasteiger partial charge in [-0.15, -0.1) is 11.6 Å². The van der Waals surface area contributed by atoms with Gasteiger partial charge in [-0.3, -0.25) is 4.99 Å². The molecular weight excluding hydrogens is 226 g/mol. The predicted molar refractivity (Wildman–Crippen MR) is 67.4 cm³/mol. The van der Waals surface area contributed by atoms with Gasteiger partial charge in [0.05, 0.1) is 24.6 Å². The van der Waals surface area contributed by atoms with Crippen molar-refractivity contribution >= 4 is 17.3 Å². The summed E-state index contributed by atoms with van der Waals surface area (Å²) in [5.74, 6) is 0.482. The van der Waals surface area contributed by atoms with Crippen LogP contribution in [-0.4, -0.2) is 42.6 Å². The van der Waals surface area contributed by atoms with Crippen LogP contribution in [0.1, 0.15) is 26.7 Å². The molecule has 3 nitrogen and oxygen atoms in total. The van der Waals surface area contributed by atoms with Gasteiger partial charge in [-0.25, -0.2) is 0 Å². The van der Waals surface area contributed by atoms with Gasteiger partial charge in [-0.2, -0.15) is 0 Å². The molecule has 0 heterocycles. The van der Waals surface area contributed by atoms with Crippen LogP contribution >= 0.6 is 11.6 Å². The first-order valence-electron chi connectivity index (χ1n) is 5.97. The van der Waals surface area contributed by atoms with Gasteiger partial charge < -0.3 is 9.84 Å². The minimum Gasteiger partial charge on any atom is -0.391 e. The van der Waals surface area contributed by atoms with Crippen molar-refractivity contribution in [2.24, 2.45) is 16.8 Å². The Labute approximate surface area is 103 Å². The highest BCUT2D eigenvalue weighted by molar-refractivity contribution is 6.21. The Kier molecular flexibility index (Phi) is 5.73. The minimum atomic E-state index is -0.467. The highest BCUT2D eigenvalue weighted by Gasteiger charge is 2.37. The van der Waals surface area contributed by atoms with Gasteiger partial charge in [0.15, 0.2) is 0 Å². The van der Waals surface area contributed by atoms with E-state index in [0.717, 1.165) is 18.6 Å². The van der Waals surface area contributed by atoms with Crippen molar-refractivity contribution in [1.82, 2.24) is 0 Å². The lowest BCUT2D eigenvalue weighted by Crippen LogP contribution is -2.43. The maximum absolute atomic E-state index is 9.94. The molecule has 4 heteroatoms. The number of aliphatic hydroxyl groups excluding tert-OH is 1. The third-order valence-electron chi connectivity index (χ3n) is 3.36. The largest absolute Gasteiger partial charge is 0.391 e. The summed E-state index contributed by atoms with van der Waals surface area (Å²) in [7, 11) is 1.67. The Morgan fingerprint density at radius 3 is 2.81 bits per heavy atom. The van der Waals surface area contributed by atoms with E-state index in [4.69, 9.17) is 16.3 Å². The molecule has 0 aromatic carbocycles. The number of rotatable bonds is 4. The van der Waals surface area contributed by atoms with Gasteiger partial charge in [0.25, 0.3) is 0 Å². The summed E-state index contributed by atoms with van der Waals surface area (Å²) >= 11 is 6.13. The number of aliphatic imine (C=N–C) groups is 1. The lowest BCUT2D eigenvalue weighted by molar-refractivity contribution is 0.118. The van der Waals surface area contributed by atoms with Crippen LogP contribution in [0, 0.1) is 11.8 Å². The Hall–Kier alpha value is -0.120. The smallest absolute Gasteiger partial charge is 0.0781 e. The summed E-state index contributed by atoms with van der Waals surface area (Å²) < 4.78 is 4.99. The maximum Gasteiger partial charge on any atom is 0.0781 e. The second kappa shape index (κ2) is 6.58. The number of ether oxygens (including phenoxy) is 1. The molecule has 4 unspecified atom stereocenters. The molecule has 1 aliphatic carbocycles. The number of halogens is 1. The Balaban J connectivity index is 2.72. The van der Waals surface area contributed by atoms with Crippen LogP contribution < -0.4 is 0 Å². The first-order chi connectivity index (χ1) is 7.61. The minimum absolute atomic E-state index is 0.0676. The van der Waals surface area contributed by atoms with E-state index in [-0.39, 0.29) is 11.3 Å². The Bertz CT molecular complexity index is 241. The molecule has 16 heavy (non-hydrogen) atoms. The summed E-state index contributed by atoms with van der Waals surface area (Å²) in [6.07, 6.45) is 1.40. The molecule has 0 spiro atoms. The zero-order valence-corrected chi connectivity index (χ0v) is 11.1. The number of hydrogen-bond acceptors (Lipinski definition) is 3. The average molecular weight is 248 g/mol. The van der Waals surface area contributed by atoms with Gasteiger partial charge in [0, 0.05) is 18.7 Å². The lowest BCUT2D eigenvalue weighted by Gasteiger charge is -2.36. The Morgan fingerprint density at radius 1 is 1.56 bits per heavy atom. The first kappa shape index (κ1) is 13.9. The van der Waals surface area contributed by atoms with Crippen LogP contribution in [0.3, 0.4) is 0 Å². The van der Waals surface area contributed by atoms with Gasteiger partial charge in [0.2, 0.25) is 0 Å². The molecule has 94 valence electrons. The van der Waals surface area contributed by atoms with E-state index in [0.29, 0.717) is 19.1 Å². The Morgan fingerprint density at radius 2 is 2.25 bits per heavy atom. The van der Waals surface area contributed by atoms with Gasteiger partial charge in [-0.05, 0) is 18.8 Å². The van der Waals surface area contributed by atoms with Gasteiger partial charge in [-0.1, -0.05) is 13.8 Å². The van der Waals surface area contributed by atoms with E-state index in [1.54, 1.807) is 7.11 Å². The van der Waals surface area contributed by atoms with E-state index < -0.39 is 6.10 Å².